The average molecular weight is 222 g/mol. The molecule has 0 atom stereocenters. The number of hydrogen-bond acceptors (Lipinski definition) is 2. The van der Waals surface area contributed by atoms with Crippen LogP contribution in [0.2, 0.25) is 5.02 Å². The summed E-state index contributed by atoms with van der Waals surface area (Å²) in [6, 6.07) is 6.05. The summed E-state index contributed by atoms with van der Waals surface area (Å²) >= 11 is 7.77. The van der Waals surface area contributed by atoms with E-state index in [-0.39, 0.29) is 0 Å². The van der Waals surface area contributed by atoms with E-state index in [0.717, 1.165) is 11.6 Å². The van der Waals surface area contributed by atoms with Crippen LogP contribution in [0.15, 0.2) is 24.3 Å². The summed E-state index contributed by atoms with van der Waals surface area (Å²) in [5, 5.41) is 6.67. The average Bonchev–Trinajstić information content (AvgIpc) is 2.56. The number of rotatable bonds is 0. The Morgan fingerprint density at radius 1 is 1.36 bits per heavy atom. The SMILES string of the molecule is Clc1ccc2sc3c(c2c1)C=CCN3. The van der Waals surface area contributed by atoms with Crippen molar-refractivity contribution >= 4 is 44.1 Å². The molecular weight excluding hydrogens is 214 g/mol. The number of fused-ring (bicyclic) bond motifs is 3. The monoisotopic (exact) mass is 221 g/mol. The van der Waals surface area contributed by atoms with E-state index in [2.05, 4.69) is 23.5 Å². The van der Waals surface area contributed by atoms with E-state index in [1.165, 1.54) is 20.7 Å². The van der Waals surface area contributed by atoms with Crippen molar-refractivity contribution in [2.45, 2.75) is 0 Å². The molecule has 2 aromatic rings. The van der Waals surface area contributed by atoms with Crippen molar-refractivity contribution in [3.8, 4) is 0 Å². The number of thiophene rings is 1. The van der Waals surface area contributed by atoms with Crippen LogP contribution in [0.5, 0.6) is 0 Å². The number of halogens is 1. The van der Waals surface area contributed by atoms with Gasteiger partial charge in [0.1, 0.15) is 0 Å². The predicted octanol–water partition coefficient (Wildman–Crippen LogP) is 3.99. The molecule has 1 aliphatic rings. The fourth-order valence-corrected chi connectivity index (χ4v) is 2.96. The molecule has 0 saturated carbocycles. The lowest BCUT2D eigenvalue weighted by Gasteiger charge is -2.06. The van der Waals surface area contributed by atoms with Crippen molar-refractivity contribution in [1.82, 2.24) is 0 Å². The van der Waals surface area contributed by atoms with Crippen LogP contribution < -0.4 is 5.32 Å². The van der Waals surface area contributed by atoms with Crippen molar-refractivity contribution in [2.24, 2.45) is 0 Å². The predicted molar refractivity (Wildman–Crippen MR) is 64.4 cm³/mol. The van der Waals surface area contributed by atoms with Crippen LogP contribution in [0.4, 0.5) is 5.00 Å². The van der Waals surface area contributed by atoms with Gasteiger partial charge < -0.3 is 5.32 Å². The van der Waals surface area contributed by atoms with Gasteiger partial charge in [0.25, 0.3) is 0 Å². The first-order chi connectivity index (χ1) is 6.84. The van der Waals surface area contributed by atoms with E-state index >= 15 is 0 Å². The molecule has 0 saturated heterocycles. The Morgan fingerprint density at radius 2 is 2.29 bits per heavy atom. The van der Waals surface area contributed by atoms with Crippen molar-refractivity contribution < 1.29 is 0 Å². The standard InChI is InChI=1S/C11H8ClNS/c12-7-3-4-10-9(6-7)8-2-1-5-13-11(8)14-10/h1-4,6,13H,5H2. The van der Waals surface area contributed by atoms with Crippen molar-refractivity contribution in [3.05, 3.63) is 34.9 Å². The molecular formula is C11H8ClNS. The highest BCUT2D eigenvalue weighted by atomic mass is 35.5. The van der Waals surface area contributed by atoms with Gasteiger partial charge in [-0.2, -0.15) is 0 Å². The molecule has 0 amide bonds. The third-order valence-electron chi connectivity index (χ3n) is 2.35. The fraction of sp³-hybridized carbons (Fsp3) is 0.0909. The normalized spacial score (nSPS) is 14.1. The lowest BCUT2D eigenvalue weighted by Crippen LogP contribution is -2.00. The largest absolute Gasteiger partial charge is 0.373 e. The first-order valence-electron chi connectivity index (χ1n) is 4.47. The zero-order valence-electron chi connectivity index (χ0n) is 7.38. The summed E-state index contributed by atoms with van der Waals surface area (Å²) in [5.74, 6) is 0. The lowest BCUT2D eigenvalue weighted by molar-refractivity contribution is 1.35. The molecule has 1 N–H and O–H groups in total. The maximum Gasteiger partial charge on any atom is 0.0971 e. The van der Waals surface area contributed by atoms with Crippen molar-refractivity contribution in [3.63, 3.8) is 0 Å². The number of anilines is 1. The third-order valence-corrected chi connectivity index (χ3v) is 3.73. The molecule has 2 heterocycles. The second kappa shape index (κ2) is 3.01. The zero-order chi connectivity index (χ0) is 9.54. The van der Waals surface area contributed by atoms with Gasteiger partial charge in [-0.3, -0.25) is 0 Å². The summed E-state index contributed by atoms with van der Waals surface area (Å²) < 4.78 is 1.29. The van der Waals surface area contributed by atoms with E-state index in [1.807, 2.05) is 12.1 Å². The molecule has 0 spiro atoms. The minimum Gasteiger partial charge on any atom is -0.373 e. The third kappa shape index (κ3) is 1.15. The molecule has 1 nitrogen and oxygen atoms in total. The molecule has 1 aromatic heterocycles. The number of benzene rings is 1. The maximum atomic E-state index is 5.98. The maximum absolute atomic E-state index is 5.98. The van der Waals surface area contributed by atoms with Crippen LogP contribution in [0.25, 0.3) is 16.2 Å². The second-order valence-electron chi connectivity index (χ2n) is 3.27. The summed E-state index contributed by atoms with van der Waals surface area (Å²) in [6.07, 6.45) is 4.30. The molecule has 0 radical (unpaired) electrons. The summed E-state index contributed by atoms with van der Waals surface area (Å²) in [7, 11) is 0. The minimum absolute atomic E-state index is 0.803. The Morgan fingerprint density at radius 3 is 3.21 bits per heavy atom. The summed E-state index contributed by atoms with van der Waals surface area (Å²) in [5.41, 5.74) is 1.28. The highest BCUT2D eigenvalue weighted by molar-refractivity contribution is 7.23. The molecule has 14 heavy (non-hydrogen) atoms. The van der Waals surface area contributed by atoms with E-state index < -0.39 is 0 Å². The Hall–Kier alpha value is -0.990. The first kappa shape index (κ1) is 8.33. The highest BCUT2D eigenvalue weighted by Crippen LogP contribution is 2.38. The Bertz CT molecular complexity index is 527. The number of hydrogen-bond donors (Lipinski definition) is 1. The van der Waals surface area contributed by atoms with Gasteiger partial charge in [0.15, 0.2) is 0 Å². The van der Waals surface area contributed by atoms with Gasteiger partial charge in [-0.25, -0.2) is 0 Å². The van der Waals surface area contributed by atoms with Crippen LogP contribution >= 0.6 is 22.9 Å². The zero-order valence-corrected chi connectivity index (χ0v) is 8.95. The Balaban J connectivity index is 2.39. The van der Waals surface area contributed by atoms with Gasteiger partial charge >= 0.3 is 0 Å². The molecule has 3 rings (SSSR count). The summed E-state index contributed by atoms with van der Waals surface area (Å²) in [4.78, 5) is 0. The van der Waals surface area contributed by atoms with Crippen molar-refractivity contribution in [1.29, 1.82) is 0 Å². The Labute approximate surface area is 91.0 Å². The minimum atomic E-state index is 0.803. The summed E-state index contributed by atoms with van der Waals surface area (Å²) in [6.45, 7) is 0.924. The molecule has 70 valence electrons. The molecule has 3 heteroatoms. The van der Waals surface area contributed by atoms with Gasteiger partial charge in [-0.15, -0.1) is 11.3 Å². The van der Waals surface area contributed by atoms with E-state index in [4.69, 9.17) is 11.6 Å². The lowest BCUT2D eigenvalue weighted by atomic mass is 10.1. The van der Waals surface area contributed by atoms with Gasteiger partial charge in [0.2, 0.25) is 0 Å². The van der Waals surface area contributed by atoms with Crippen LogP contribution in [0.1, 0.15) is 5.56 Å². The van der Waals surface area contributed by atoms with E-state index in [1.54, 1.807) is 11.3 Å². The van der Waals surface area contributed by atoms with Gasteiger partial charge in [-0.1, -0.05) is 23.8 Å². The smallest absolute Gasteiger partial charge is 0.0971 e. The topological polar surface area (TPSA) is 12.0 Å². The van der Waals surface area contributed by atoms with Gasteiger partial charge in [-0.05, 0) is 18.2 Å². The van der Waals surface area contributed by atoms with Crippen LogP contribution in [0.3, 0.4) is 0 Å². The molecule has 0 bridgehead atoms. The van der Waals surface area contributed by atoms with Crippen LogP contribution in [0, 0.1) is 0 Å². The van der Waals surface area contributed by atoms with Crippen LogP contribution in [-0.4, -0.2) is 6.54 Å². The second-order valence-corrected chi connectivity index (χ2v) is 4.76. The van der Waals surface area contributed by atoms with Crippen molar-refractivity contribution in [2.75, 3.05) is 11.9 Å². The first-order valence-corrected chi connectivity index (χ1v) is 5.66. The quantitative estimate of drug-likeness (QED) is 0.709. The molecule has 1 aliphatic heterocycles. The fourth-order valence-electron chi connectivity index (χ4n) is 1.71. The van der Waals surface area contributed by atoms with Gasteiger partial charge in [0, 0.05) is 27.2 Å². The molecule has 0 unspecified atom stereocenters. The number of nitrogens with one attached hydrogen (secondary N) is 1. The van der Waals surface area contributed by atoms with E-state index in [9.17, 15) is 0 Å². The molecule has 0 fully saturated rings. The van der Waals surface area contributed by atoms with Gasteiger partial charge in [0.05, 0.1) is 5.00 Å². The van der Waals surface area contributed by atoms with Crippen LogP contribution in [-0.2, 0) is 0 Å². The molecule has 1 aromatic carbocycles. The highest BCUT2D eigenvalue weighted by Gasteiger charge is 2.11. The van der Waals surface area contributed by atoms with E-state index in [0.29, 0.717) is 0 Å². The molecule has 0 aliphatic carbocycles. The Kier molecular flexibility index (Phi) is 1.79.